The van der Waals surface area contributed by atoms with Crippen LogP contribution in [0, 0.1) is 0 Å². The molecule has 0 aromatic rings. The lowest BCUT2D eigenvalue weighted by molar-refractivity contribution is 0.0217. The van der Waals surface area contributed by atoms with Crippen molar-refractivity contribution in [2.24, 2.45) is 0 Å². The zero-order chi connectivity index (χ0) is 9.90. The quantitative estimate of drug-likeness (QED) is 0.743. The molecule has 0 amide bonds. The first-order chi connectivity index (χ1) is 6.01. The Morgan fingerprint density at radius 3 is 2.54 bits per heavy atom. The predicted molar refractivity (Wildman–Crippen MR) is 56.6 cm³/mol. The van der Waals surface area contributed by atoms with Gasteiger partial charge in [0.1, 0.15) is 0 Å². The molecule has 5 heteroatoms. The highest BCUT2D eigenvalue weighted by Gasteiger charge is 2.24. The molecule has 1 aliphatic rings. The molecule has 1 rings (SSSR count). The van der Waals surface area contributed by atoms with Gasteiger partial charge in [-0.25, -0.2) is 0 Å². The van der Waals surface area contributed by atoms with E-state index < -0.39 is 6.49 Å². The van der Waals surface area contributed by atoms with Gasteiger partial charge in [-0.2, -0.15) is 0 Å². The lowest BCUT2D eigenvalue weighted by atomic mass is 9.95. The molecule has 0 aliphatic heterocycles. The lowest BCUT2D eigenvalue weighted by Crippen LogP contribution is -2.26. The molecule has 0 aromatic carbocycles. The van der Waals surface area contributed by atoms with Crippen LogP contribution < -0.4 is 0 Å². The van der Waals surface area contributed by atoms with Gasteiger partial charge in [-0.15, -0.1) is 0 Å². The normalized spacial score (nSPS) is 34.1. The zero-order valence-corrected chi connectivity index (χ0v) is 9.81. The van der Waals surface area contributed by atoms with E-state index in [1.807, 2.05) is 0 Å². The van der Waals surface area contributed by atoms with Crippen LogP contribution in [0.15, 0.2) is 0 Å². The molecule has 1 saturated carbocycles. The molecule has 0 heterocycles. The van der Waals surface area contributed by atoms with Crippen LogP contribution in [-0.4, -0.2) is 30.9 Å². The van der Waals surface area contributed by atoms with E-state index in [2.05, 4.69) is 0 Å². The van der Waals surface area contributed by atoms with Crippen molar-refractivity contribution in [1.82, 2.24) is 0 Å². The van der Waals surface area contributed by atoms with Gasteiger partial charge >= 0.3 is 0 Å². The average Bonchev–Trinajstić information content (AvgIpc) is 2.01. The van der Waals surface area contributed by atoms with E-state index in [1.54, 1.807) is 13.8 Å². The lowest BCUT2D eigenvalue weighted by Gasteiger charge is -2.29. The van der Waals surface area contributed by atoms with Gasteiger partial charge in [-0.3, -0.25) is 0 Å². The van der Waals surface area contributed by atoms with Crippen molar-refractivity contribution in [2.75, 3.05) is 13.8 Å². The second-order valence-electron chi connectivity index (χ2n) is 3.55. The van der Waals surface area contributed by atoms with Crippen LogP contribution in [0.4, 0.5) is 0 Å². The third-order valence-electron chi connectivity index (χ3n) is 2.26. The fourth-order valence-corrected chi connectivity index (χ4v) is 2.80. The van der Waals surface area contributed by atoms with Gasteiger partial charge in [0.25, 0.3) is 0 Å². The van der Waals surface area contributed by atoms with Crippen LogP contribution >= 0.6 is 6.49 Å². The second-order valence-corrected chi connectivity index (χ2v) is 7.40. The molecule has 0 aromatic heterocycles. The smallest absolute Gasteiger partial charge is 0.183 e. The second kappa shape index (κ2) is 4.85. The molecule has 0 spiro atoms. The van der Waals surface area contributed by atoms with E-state index in [1.165, 1.54) is 0 Å². The highest BCUT2D eigenvalue weighted by atomic mass is 32.5. The Morgan fingerprint density at radius 1 is 1.38 bits per heavy atom. The zero-order valence-electron chi connectivity index (χ0n) is 8.10. The summed E-state index contributed by atoms with van der Waals surface area (Å²) in [5, 5.41) is 0. The fourth-order valence-electron chi connectivity index (χ4n) is 1.69. The summed E-state index contributed by atoms with van der Waals surface area (Å²) in [5.41, 5.74) is 0. The van der Waals surface area contributed by atoms with E-state index in [9.17, 15) is 4.89 Å². The maximum absolute atomic E-state index is 9.39. The molecule has 1 fully saturated rings. The Balaban J connectivity index is 2.38. The maximum Gasteiger partial charge on any atom is 0.183 e. The summed E-state index contributed by atoms with van der Waals surface area (Å²) in [6.45, 7) is -0.897. The average molecular weight is 224 g/mol. The molecule has 0 saturated heterocycles. The first-order valence-electron chi connectivity index (χ1n) is 4.53. The topological polar surface area (TPSA) is 38.7 Å². The van der Waals surface area contributed by atoms with E-state index >= 15 is 0 Å². The number of ether oxygens (including phenoxy) is 1. The van der Waals surface area contributed by atoms with Crippen molar-refractivity contribution in [2.45, 2.75) is 37.9 Å². The Bertz CT molecular complexity index is 204. The maximum atomic E-state index is 9.39. The summed E-state index contributed by atoms with van der Waals surface area (Å²) in [5.74, 6) is 0. The third kappa shape index (κ3) is 4.52. The van der Waals surface area contributed by atoms with Gasteiger partial charge in [0.05, 0.1) is 12.2 Å². The third-order valence-corrected chi connectivity index (χ3v) is 3.20. The minimum Gasteiger partial charge on any atom is -0.381 e. The van der Waals surface area contributed by atoms with Crippen LogP contribution in [0.3, 0.4) is 0 Å². The summed E-state index contributed by atoms with van der Waals surface area (Å²) in [6.07, 6.45) is 4.42. The van der Waals surface area contributed by atoms with Crippen molar-refractivity contribution < 1.29 is 14.2 Å². The standard InChI is InChI=1S/C8H17O3PS/c1-10-7-4-3-5-8(6-7)11-12(2,9)13/h7-8H,3-6H2,1-2H3,(H,9,13). The van der Waals surface area contributed by atoms with Gasteiger partial charge in [-0.1, -0.05) is 0 Å². The number of methoxy groups -OCH3 is 1. The van der Waals surface area contributed by atoms with E-state index in [0.717, 1.165) is 25.7 Å². The van der Waals surface area contributed by atoms with Gasteiger partial charge in [0.15, 0.2) is 6.49 Å². The molecule has 13 heavy (non-hydrogen) atoms. The fraction of sp³-hybridized carbons (Fsp3) is 1.00. The van der Waals surface area contributed by atoms with Crippen LogP contribution in [0.2, 0.25) is 0 Å². The Kier molecular flexibility index (Phi) is 4.33. The molecule has 1 aliphatic carbocycles. The van der Waals surface area contributed by atoms with Gasteiger partial charge in [0, 0.05) is 20.2 Å². The highest BCUT2D eigenvalue weighted by Crippen LogP contribution is 2.42. The Morgan fingerprint density at radius 2 is 2.00 bits per heavy atom. The molecular formula is C8H17O3PS. The van der Waals surface area contributed by atoms with Crippen molar-refractivity contribution in [3.63, 3.8) is 0 Å². The van der Waals surface area contributed by atoms with Crippen LogP contribution in [0.25, 0.3) is 0 Å². The molecule has 3 nitrogen and oxygen atoms in total. The van der Waals surface area contributed by atoms with Crippen LogP contribution in [-0.2, 0) is 21.1 Å². The van der Waals surface area contributed by atoms with Crippen LogP contribution in [0.5, 0.6) is 0 Å². The minimum absolute atomic E-state index is 0.0968. The van der Waals surface area contributed by atoms with Gasteiger partial charge in [0.2, 0.25) is 0 Å². The monoisotopic (exact) mass is 224 g/mol. The summed E-state index contributed by atoms with van der Waals surface area (Å²) < 4.78 is 10.7. The first-order valence-corrected chi connectivity index (χ1v) is 7.65. The molecule has 3 unspecified atom stereocenters. The number of hydrogen-bond donors (Lipinski definition) is 1. The molecule has 3 atom stereocenters. The summed E-state index contributed by atoms with van der Waals surface area (Å²) in [7, 11) is 1.72. The number of hydrogen-bond acceptors (Lipinski definition) is 3. The molecule has 0 radical (unpaired) electrons. The minimum atomic E-state index is -2.49. The molecule has 1 N–H and O–H groups in total. The molecular weight excluding hydrogens is 207 g/mol. The van der Waals surface area contributed by atoms with Gasteiger partial charge in [-0.05, 0) is 31.1 Å². The van der Waals surface area contributed by atoms with Crippen molar-refractivity contribution in [3.05, 3.63) is 0 Å². The van der Waals surface area contributed by atoms with Crippen molar-refractivity contribution in [3.8, 4) is 0 Å². The number of rotatable bonds is 3. The van der Waals surface area contributed by atoms with Gasteiger partial charge < -0.3 is 14.2 Å². The Labute approximate surface area is 84.6 Å². The van der Waals surface area contributed by atoms with E-state index in [4.69, 9.17) is 21.1 Å². The van der Waals surface area contributed by atoms with Crippen molar-refractivity contribution in [1.29, 1.82) is 0 Å². The van der Waals surface area contributed by atoms with Crippen molar-refractivity contribution >= 4 is 18.3 Å². The Hall–Kier alpha value is 0.530. The predicted octanol–water partition coefficient (Wildman–Crippen LogP) is 1.89. The summed E-state index contributed by atoms with van der Waals surface area (Å²) >= 11 is 4.84. The summed E-state index contributed by atoms with van der Waals surface area (Å²) in [4.78, 5) is 9.39. The summed E-state index contributed by atoms with van der Waals surface area (Å²) in [6, 6.07) is 0. The highest BCUT2D eigenvalue weighted by molar-refractivity contribution is 8.09. The van der Waals surface area contributed by atoms with E-state index in [0.29, 0.717) is 0 Å². The SMILES string of the molecule is COC1CCCC(OP(C)(O)=S)C1. The first kappa shape index (κ1) is 11.6. The van der Waals surface area contributed by atoms with E-state index in [-0.39, 0.29) is 12.2 Å². The molecule has 78 valence electrons. The largest absolute Gasteiger partial charge is 0.381 e. The van der Waals surface area contributed by atoms with Crippen LogP contribution in [0.1, 0.15) is 25.7 Å². The molecule has 0 bridgehead atoms.